The molecule has 2 aromatic rings. The minimum absolute atomic E-state index is 0.105. The molecule has 0 unspecified atom stereocenters. The predicted molar refractivity (Wildman–Crippen MR) is 91.1 cm³/mol. The number of hydrazone groups is 1. The number of methoxy groups -OCH3 is 1. The molecular formula is C14H17BrN4O3S. The highest BCUT2D eigenvalue weighted by atomic mass is 79.9. The summed E-state index contributed by atoms with van der Waals surface area (Å²) in [5.41, 5.74) is 1.05. The maximum absolute atomic E-state index is 12.2. The summed E-state index contributed by atoms with van der Waals surface area (Å²) in [6, 6.07) is 6.05. The van der Waals surface area contributed by atoms with Gasteiger partial charge in [0.1, 0.15) is 11.4 Å². The summed E-state index contributed by atoms with van der Waals surface area (Å²) in [6.07, 6.45) is 1.81. The highest BCUT2D eigenvalue weighted by molar-refractivity contribution is 9.10. The molecule has 0 aliphatic rings. The van der Waals surface area contributed by atoms with Crippen LogP contribution >= 0.6 is 15.9 Å². The van der Waals surface area contributed by atoms with Crippen molar-refractivity contribution in [3.8, 4) is 5.75 Å². The van der Waals surface area contributed by atoms with Gasteiger partial charge < -0.3 is 4.74 Å². The van der Waals surface area contributed by atoms with Gasteiger partial charge in [0.15, 0.2) is 0 Å². The molecule has 1 N–H and O–H groups in total. The minimum atomic E-state index is -3.74. The minimum Gasteiger partial charge on any atom is -0.497 e. The predicted octanol–water partition coefficient (Wildman–Crippen LogP) is 2.38. The molecule has 0 aliphatic carbocycles. The highest BCUT2D eigenvalue weighted by Gasteiger charge is 2.14. The monoisotopic (exact) mass is 400 g/mol. The van der Waals surface area contributed by atoms with Crippen LogP contribution in [0.15, 0.2) is 44.9 Å². The summed E-state index contributed by atoms with van der Waals surface area (Å²) in [6.45, 7) is 4.36. The lowest BCUT2D eigenvalue weighted by Crippen LogP contribution is -2.20. The van der Waals surface area contributed by atoms with Crippen molar-refractivity contribution in [2.45, 2.75) is 25.3 Å². The first kappa shape index (κ1) is 17.5. The smallest absolute Gasteiger partial charge is 0.276 e. The number of aromatic nitrogens is 2. The Hall–Kier alpha value is -1.87. The van der Waals surface area contributed by atoms with E-state index in [4.69, 9.17) is 4.74 Å². The molecule has 1 aromatic carbocycles. The van der Waals surface area contributed by atoms with Gasteiger partial charge >= 0.3 is 0 Å². The van der Waals surface area contributed by atoms with Crippen LogP contribution in [-0.4, -0.2) is 31.0 Å². The van der Waals surface area contributed by atoms with Crippen LogP contribution in [0, 0.1) is 0 Å². The second kappa shape index (κ2) is 7.14. The quantitative estimate of drug-likeness (QED) is 0.595. The number of hydrogen-bond acceptors (Lipinski definition) is 5. The number of nitrogens with zero attached hydrogens (tertiary/aromatic N) is 3. The fourth-order valence-corrected chi connectivity index (χ4v) is 3.25. The summed E-state index contributed by atoms with van der Waals surface area (Å²) in [5, 5.41) is 8.25. The van der Waals surface area contributed by atoms with Gasteiger partial charge in [0.25, 0.3) is 10.0 Å². The van der Waals surface area contributed by atoms with Crippen LogP contribution in [0.4, 0.5) is 0 Å². The van der Waals surface area contributed by atoms with Crippen molar-refractivity contribution in [2.24, 2.45) is 5.10 Å². The van der Waals surface area contributed by atoms with E-state index < -0.39 is 10.0 Å². The van der Waals surface area contributed by atoms with E-state index in [1.807, 2.05) is 13.1 Å². The van der Waals surface area contributed by atoms with E-state index in [2.05, 4.69) is 31.0 Å². The third-order valence-electron chi connectivity index (χ3n) is 3.09. The van der Waals surface area contributed by atoms with Crippen LogP contribution in [0.5, 0.6) is 5.75 Å². The van der Waals surface area contributed by atoms with Crippen LogP contribution < -0.4 is 9.57 Å². The normalized spacial score (nSPS) is 12.3. The number of halogens is 1. The SMILES string of the molecule is CCn1cc(Br)c(/C(C)=N/NS(=O)(=O)c2ccc(OC)cc2)n1. The molecule has 2 rings (SSSR count). The number of benzene rings is 1. The fourth-order valence-electron chi connectivity index (χ4n) is 1.79. The van der Waals surface area contributed by atoms with Crippen LogP contribution in [-0.2, 0) is 16.6 Å². The van der Waals surface area contributed by atoms with Crippen LogP contribution in [0.3, 0.4) is 0 Å². The van der Waals surface area contributed by atoms with E-state index in [9.17, 15) is 8.42 Å². The number of nitrogens with one attached hydrogen (secondary N) is 1. The van der Waals surface area contributed by atoms with Gasteiger partial charge in [-0.05, 0) is 54.0 Å². The average molecular weight is 401 g/mol. The van der Waals surface area contributed by atoms with Gasteiger partial charge in [-0.2, -0.15) is 23.4 Å². The van der Waals surface area contributed by atoms with Crippen LogP contribution in [0.25, 0.3) is 0 Å². The average Bonchev–Trinajstić information content (AvgIpc) is 2.94. The molecule has 1 heterocycles. The van der Waals surface area contributed by atoms with E-state index >= 15 is 0 Å². The zero-order valence-corrected chi connectivity index (χ0v) is 15.3. The van der Waals surface area contributed by atoms with Crippen molar-refractivity contribution in [3.05, 3.63) is 40.6 Å². The van der Waals surface area contributed by atoms with E-state index in [1.54, 1.807) is 23.7 Å². The van der Waals surface area contributed by atoms with Crippen molar-refractivity contribution in [1.29, 1.82) is 0 Å². The standard InChI is InChI=1S/C14H17BrN4O3S/c1-4-19-9-13(15)14(17-19)10(2)16-18-23(20,21)12-7-5-11(22-3)6-8-12/h5-9,18H,4H2,1-3H3/b16-10+. The lowest BCUT2D eigenvalue weighted by atomic mass is 10.3. The van der Waals surface area contributed by atoms with Crippen LogP contribution in [0.2, 0.25) is 0 Å². The van der Waals surface area contributed by atoms with E-state index in [0.29, 0.717) is 23.7 Å². The van der Waals surface area contributed by atoms with Gasteiger partial charge in [-0.15, -0.1) is 0 Å². The first-order chi connectivity index (χ1) is 10.9. The van der Waals surface area contributed by atoms with Crippen LogP contribution in [0.1, 0.15) is 19.5 Å². The van der Waals surface area contributed by atoms with Crippen molar-refractivity contribution in [3.63, 3.8) is 0 Å². The Balaban J connectivity index is 2.20. The van der Waals surface area contributed by atoms with Crippen molar-refractivity contribution in [2.75, 3.05) is 7.11 Å². The maximum atomic E-state index is 12.2. The fraction of sp³-hybridized carbons (Fsp3) is 0.286. The summed E-state index contributed by atoms with van der Waals surface area (Å²) in [5.74, 6) is 0.581. The Morgan fingerprint density at radius 1 is 1.39 bits per heavy atom. The molecule has 0 atom stereocenters. The van der Waals surface area contributed by atoms with Crippen molar-refractivity contribution in [1.82, 2.24) is 14.6 Å². The molecule has 124 valence electrons. The Kier molecular flexibility index (Phi) is 5.42. The molecule has 23 heavy (non-hydrogen) atoms. The van der Waals surface area contributed by atoms with Crippen molar-refractivity contribution < 1.29 is 13.2 Å². The van der Waals surface area contributed by atoms with Crippen molar-refractivity contribution >= 4 is 31.7 Å². The summed E-state index contributed by atoms with van der Waals surface area (Å²) < 4.78 is 31.9. The molecule has 0 aliphatic heterocycles. The Morgan fingerprint density at radius 2 is 2.04 bits per heavy atom. The molecule has 0 saturated carbocycles. The Morgan fingerprint density at radius 3 is 2.57 bits per heavy atom. The Labute approximate surface area is 143 Å². The molecular weight excluding hydrogens is 384 g/mol. The highest BCUT2D eigenvalue weighted by Crippen LogP contribution is 2.17. The maximum Gasteiger partial charge on any atom is 0.276 e. The molecule has 0 radical (unpaired) electrons. The van der Waals surface area contributed by atoms with Gasteiger partial charge in [0.2, 0.25) is 0 Å². The first-order valence-corrected chi connectivity index (χ1v) is 9.08. The number of aryl methyl sites for hydroxylation is 1. The van der Waals surface area contributed by atoms with E-state index in [-0.39, 0.29) is 4.90 Å². The number of rotatable bonds is 6. The number of hydrogen-bond donors (Lipinski definition) is 1. The molecule has 7 nitrogen and oxygen atoms in total. The Bertz CT molecular complexity index is 813. The molecule has 9 heteroatoms. The van der Waals surface area contributed by atoms with E-state index in [0.717, 1.165) is 4.47 Å². The third-order valence-corrected chi connectivity index (χ3v) is 4.89. The van der Waals surface area contributed by atoms with E-state index in [1.165, 1.54) is 19.2 Å². The second-order valence-corrected chi connectivity index (χ2v) is 7.16. The van der Waals surface area contributed by atoms with Gasteiger partial charge in [0, 0.05) is 12.7 Å². The summed E-state index contributed by atoms with van der Waals surface area (Å²) in [4.78, 5) is 2.32. The van der Waals surface area contributed by atoms with Gasteiger partial charge in [-0.1, -0.05) is 0 Å². The topological polar surface area (TPSA) is 85.6 Å². The molecule has 1 aromatic heterocycles. The lowest BCUT2D eigenvalue weighted by Gasteiger charge is -2.05. The number of ether oxygens (including phenoxy) is 1. The lowest BCUT2D eigenvalue weighted by molar-refractivity contribution is 0.414. The van der Waals surface area contributed by atoms with Gasteiger partial charge in [0.05, 0.1) is 22.2 Å². The molecule has 0 fully saturated rings. The molecule has 0 spiro atoms. The number of sulfonamides is 1. The molecule has 0 bridgehead atoms. The molecule has 0 amide bonds. The van der Waals surface area contributed by atoms with Gasteiger partial charge in [-0.3, -0.25) is 4.68 Å². The summed E-state index contributed by atoms with van der Waals surface area (Å²) >= 11 is 3.38. The first-order valence-electron chi connectivity index (χ1n) is 6.81. The van der Waals surface area contributed by atoms with Gasteiger partial charge in [-0.25, -0.2) is 0 Å². The second-order valence-electron chi connectivity index (χ2n) is 4.65. The largest absolute Gasteiger partial charge is 0.497 e. The summed E-state index contributed by atoms with van der Waals surface area (Å²) in [7, 11) is -2.23. The zero-order valence-electron chi connectivity index (χ0n) is 12.9. The third kappa shape index (κ3) is 4.11. The zero-order chi connectivity index (χ0) is 17.0. The molecule has 0 saturated heterocycles.